The molecule has 2 aromatic carbocycles. The summed E-state index contributed by atoms with van der Waals surface area (Å²) in [5.74, 6) is -1.86. The number of ketones is 1. The number of carbonyl (C=O) groups is 3. The zero-order valence-electron chi connectivity index (χ0n) is 14.1. The van der Waals surface area contributed by atoms with Gasteiger partial charge in [-0.3, -0.25) is 9.59 Å². The number of rotatable bonds is 5. The number of hydrogen-bond acceptors (Lipinski definition) is 8. The molecule has 0 spiro atoms. The molecule has 3 N–H and O–H groups in total. The van der Waals surface area contributed by atoms with E-state index in [0.717, 1.165) is 12.1 Å². The van der Waals surface area contributed by atoms with Crippen molar-refractivity contribution < 1.29 is 38.8 Å². The van der Waals surface area contributed by atoms with Gasteiger partial charge in [-0.2, -0.15) is 0 Å². The molecule has 3 rings (SSSR count). The van der Waals surface area contributed by atoms with E-state index in [1.165, 1.54) is 25.1 Å². The van der Waals surface area contributed by atoms with Gasteiger partial charge in [0.25, 0.3) is 5.91 Å². The van der Waals surface area contributed by atoms with Crippen LogP contribution < -0.4 is 14.8 Å². The number of nitrogens with one attached hydrogen (secondary N) is 1. The van der Waals surface area contributed by atoms with Crippen LogP contribution in [0.5, 0.6) is 23.0 Å². The Hall–Kier alpha value is -3.75. The Morgan fingerprint density at radius 1 is 1.07 bits per heavy atom. The van der Waals surface area contributed by atoms with Crippen LogP contribution in [0.3, 0.4) is 0 Å². The van der Waals surface area contributed by atoms with Crippen molar-refractivity contribution in [1.82, 2.24) is 0 Å². The predicted octanol–water partition coefficient (Wildman–Crippen LogP) is 1.82. The van der Waals surface area contributed by atoms with Crippen molar-refractivity contribution in [3.8, 4) is 23.0 Å². The summed E-state index contributed by atoms with van der Waals surface area (Å²) in [5, 5.41) is 21.3. The van der Waals surface area contributed by atoms with Crippen LogP contribution in [0.1, 0.15) is 27.6 Å². The van der Waals surface area contributed by atoms with Gasteiger partial charge in [-0.15, -0.1) is 0 Å². The van der Waals surface area contributed by atoms with Crippen molar-refractivity contribution in [2.24, 2.45) is 0 Å². The molecule has 0 aromatic heterocycles. The molecule has 0 fully saturated rings. The predicted molar refractivity (Wildman–Crippen MR) is 91.3 cm³/mol. The number of anilines is 1. The van der Waals surface area contributed by atoms with Crippen LogP contribution in [0.2, 0.25) is 0 Å². The molecule has 1 heterocycles. The Morgan fingerprint density at radius 3 is 2.44 bits per heavy atom. The quantitative estimate of drug-likeness (QED) is 0.534. The van der Waals surface area contributed by atoms with E-state index >= 15 is 0 Å². The molecule has 140 valence electrons. The molecule has 9 nitrogen and oxygen atoms in total. The molecule has 0 atom stereocenters. The fourth-order valence-electron chi connectivity index (χ4n) is 2.42. The number of benzene rings is 2. The monoisotopic (exact) mass is 373 g/mol. The number of hydrogen-bond donors (Lipinski definition) is 3. The van der Waals surface area contributed by atoms with Crippen molar-refractivity contribution in [3.63, 3.8) is 0 Å². The van der Waals surface area contributed by atoms with E-state index < -0.39 is 24.2 Å². The number of carbonyl (C=O) groups excluding carboxylic acids is 3. The number of Topliss-reactive ketones (excluding diaryl/α,β-unsaturated/α-hetero) is 1. The molecule has 1 aliphatic rings. The van der Waals surface area contributed by atoms with Gasteiger partial charge in [-0.05, 0) is 25.1 Å². The molecule has 27 heavy (non-hydrogen) atoms. The number of aromatic hydroxyl groups is 2. The number of fused-ring (bicyclic) bond motifs is 1. The first-order valence-electron chi connectivity index (χ1n) is 7.78. The Balaban J connectivity index is 1.67. The highest BCUT2D eigenvalue weighted by molar-refractivity contribution is 6.05. The molecule has 0 unspecified atom stereocenters. The molecule has 0 radical (unpaired) electrons. The summed E-state index contributed by atoms with van der Waals surface area (Å²) < 4.78 is 15.3. The molecule has 1 amide bonds. The fourth-order valence-corrected chi connectivity index (χ4v) is 2.42. The van der Waals surface area contributed by atoms with Crippen molar-refractivity contribution in [3.05, 3.63) is 41.5 Å². The van der Waals surface area contributed by atoms with E-state index in [1.807, 2.05) is 0 Å². The van der Waals surface area contributed by atoms with E-state index in [4.69, 9.17) is 14.2 Å². The van der Waals surface area contributed by atoms with Gasteiger partial charge in [0.15, 0.2) is 23.9 Å². The highest BCUT2D eigenvalue weighted by atomic mass is 16.7. The minimum atomic E-state index is -0.944. The standard InChI is InChI=1S/C18H15NO8/c1-9(20)12-5-15-16(27-8-26-15)6-13(12)19-17(23)7-25-18(24)11-3-2-10(21)4-14(11)22/h2-6,21-22H,7-8H2,1H3,(H,19,23). The van der Waals surface area contributed by atoms with Gasteiger partial charge in [0, 0.05) is 17.7 Å². The van der Waals surface area contributed by atoms with Gasteiger partial charge in [0.1, 0.15) is 17.1 Å². The number of esters is 1. The van der Waals surface area contributed by atoms with Crippen LogP contribution in [-0.2, 0) is 9.53 Å². The first-order chi connectivity index (χ1) is 12.8. The molecule has 1 aliphatic heterocycles. The second-order valence-electron chi connectivity index (χ2n) is 5.63. The average molecular weight is 373 g/mol. The highest BCUT2D eigenvalue weighted by Gasteiger charge is 2.21. The second-order valence-corrected chi connectivity index (χ2v) is 5.63. The van der Waals surface area contributed by atoms with Crippen molar-refractivity contribution in [2.45, 2.75) is 6.92 Å². The summed E-state index contributed by atoms with van der Waals surface area (Å²) in [6, 6.07) is 6.24. The van der Waals surface area contributed by atoms with Gasteiger partial charge in [0.2, 0.25) is 6.79 Å². The Kier molecular flexibility index (Phi) is 4.84. The van der Waals surface area contributed by atoms with Gasteiger partial charge in [-0.1, -0.05) is 0 Å². The summed E-state index contributed by atoms with van der Waals surface area (Å²) in [6.45, 7) is 0.698. The molecular weight excluding hydrogens is 358 g/mol. The highest BCUT2D eigenvalue weighted by Crippen LogP contribution is 2.37. The molecule has 0 saturated heterocycles. The summed E-state index contributed by atoms with van der Waals surface area (Å²) in [7, 11) is 0. The van der Waals surface area contributed by atoms with Crippen LogP contribution in [0.25, 0.3) is 0 Å². The zero-order valence-corrected chi connectivity index (χ0v) is 14.1. The zero-order chi connectivity index (χ0) is 19.6. The molecule has 0 saturated carbocycles. The minimum absolute atomic E-state index is 0.0117. The Bertz CT molecular complexity index is 937. The van der Waals surface area contributed by atoms with Gasteiger partial charge in [-0.25, -0.2) is 4.79 Å². The van der Waals surface area contributed by atoms with Crippen molar-refractivity contribution in [2.75, 3.05) is 18.7 Å². The normalized spacial score (nSPS) is 11.7. The third-order valence-electron chi connectivity index (χ3n) is 3.70. The van der Waals surface area contributed by atoms with Gasteiger partial charge < -0.3 is 29.7 Å². The maximum Gasteiger partial charge on any atom is 0.342 e. The number of ether oxygens (including phenoxy) is 3. The molecule has 2 aromatic rings. The maximum absolute atomic E-state index is 12.1. The Labute approximate surface area is 153 Å². The third-order valence-corrected chi connectivity index (χ3v) is 3.70. The first-order valence-corrected chi connectivity index (χ1v) is 7.78. The molecule has 0 aliphatic carbocycles. The van der Waals surface area contributed by atoms with Crippen LogP contribution in [0.4, 0.5) is 5.69 Å². The SMILES string of the molecule is CC(=O)c1cc2c(cc1NC(=O)COC(=O)c1ccc(O)cc1O)OCO2. The van der Waals surface area contributed by atoms with E-state index in [0.29, 0.717) is 11.5 Å². The molecule has 9 heteroatoms. The average Bonchev–Trinajstić information content (AvgIpc) is 3.06. The van der Waals surface area contributed by atoms with E-state index in [1.54, 1.807) is 0 Å². The lowest BCUT2D eigenvalue weighted by Crippen LogP contribution is -2.22. The lowest BCUT2D eigenvalue weighted by Gasteiger charge is -2.11. The maximum atomic E-state index is 12.1. The number of phenolic OH excluding ortho intramolecular Hbond substituents is 2. The lowest BCUT2D eigenvalue weighted by atomic mass is 10.1. The van der Waals surface area contributed by atoms with E-state index in [9.17, 15) is 24.6 Å². The topological polar surface area (TPSA) is 131 Å². The van der Waals surface area contributed by atoms with Crippen LogP contribution in [0, 0.1) is 0 Å². The summed E-state index contributed by atoms with van der Waals surface area (Å²) in [5.41, 5.74) is 0.212. The third kappa shape index (κ3) is 3.92. The number of phenols is 2. The summed E-state index contributed by atoms with van der Waals surface area (Å²) >= 11 is 0. The smallest absolute Gasteiger partial charge is 0.342 e. The molecule has 0 bridgehead atoms. The van der Waals surface area contributed by atoms with Crippen LogP contribution in [0.15, 0.2) is 30.3 Å². The van der Waals surface area contributed by atoms with E-state index in [2.05, 4.69) is 5.32 Å². The molecular formula is C18H15NO8. The van der Waals surface area contributed by atoms with Crippen LogP contribution in [-0.4, -0.2) is 41.3 Å². The first kappa shape index (κ1) is 18.1. The number of amides is 1. The lowest BCUT2D eigenvalue weighted by molar-refractivity contribution is -0.119. The second kappa shape index (κ2) is 7.24. The summed E-state index contributed by atoms with van der Waals surface area (Å²) in [6.07, 6.45) is 0. The van der Waals surface area contributed by atoms with Crippen LogP contribution >= 0.6 is 0 Å². The minimum Gasteiger partial charge on any atom is -0.508 e. The fraction of sp³-hybridized carbons (Fsp3) is 0.167. The van der Waals surface area contributed by atoms with E-state index in [-0.39, 0.29) is 35.1 Å². The Morgan fingerprint density at radius 2 is 1.78 bits per heavy atom. The summed E-state index contributed by atoms with van der Waals surface area (Å²) in [4.78, 5) is 35.8. The van der Waals surface area contributed by atoms with Gasteiger partial charge >= 0.3 is 5.97 Å². The largest absolute Gasteiger partial charge is 0.508 e. The van der Waals surface area contributed by atoms with Crippen molar-refractivity contribution >= 4 is 23.3 Å². The van der Waals surface area contributed by atoms with Gasteiger partial charge in [0.05, 0.1) is 5.69 Å². The van der Waals surface area contributed by atoms with Crippen molar-refractivity contribution in [1.29, 1.82) is 0 Å².